The van der Waals surface area contributed by atoms with Crippen LogP contribution in [0.2, 0.25) is 0 Å². The van der Waals surface area contributed by atoms with Gasteiger partial charge in [-0.2, -0.15) is 0 Å². The second kappa shape index (κ2) is 9.76. The van der Waals surface area contributed by atoms with E-state index in [4.69, 9.17) is 4.74 Å². The van der Waals surface area contributed by atoms with Crippen LogP contribution in [0, 0.1) is 5.41 Å². The molecule has 1 aromatic carbocycles. The summed E-state index contributed by atoms with van der Waals surface area (Å²) in [6.07, 6.45) is 8.96. The van der Waals surface area contributed by atoms with Crippen molar-refractivity contribution in [1.29, 1.82) is 0 Å². The maximum atomic E-state index is 12.5. The Kier molecular flexibility index (Phi) is 7.16. The highest BCUT2D eigenvalue weighted by Crippen LogP contribution is 2.46. The number of carbonyl (C=O) groups is 1. The predicted molar refractivity (Wildman–Crippen MR) is 138 cm³/mol. The maximum Gasteiger partial charge on any atom is 0.410 e. The maximum absolute atomic E-state index is 12.5. The molecule has 1 amide bonds. The molecule has 1 saturated carbocycles. The molecule has 0 radical (unpaired) electrons. The van der Waals surface area contributed by atoms with Gasteiger partial charge < -0.3 is 19.4 Å². The summed E-state index contributed by atoms with van der Waals surface area (Å²) in [4.78, 5) is 19.5. The third-order valence-corrected chi connectivity index (χ3v) is 7.78. The van der Waals surface area contributed by atoms with Crippen LogP contribution in [0.25, 0.3) is 0 Å². The van der Waals surface area contributed by atoms with E-state index in [9.17, 15) is 4.79 Å². The first-order valence-corrected chi connectivity index (χ1v) is 13.2. The normalized spacial score (nSPS) is 22.4. The van der Waals surface area contributed by atoms with Gasteiger partial charge in [0.05, 0.1) is 0 Å². The second-order valence-electron chi connectivity index (χ2n) is 12.2. The zero-order chi connectivity index (χ0) is 23.6. The molecule has 5 nitrogen and oxygen atoms in total. The number of hydrogen-bond acceptors (Lipinski definition) is 4. The number of nitrogens with zero attached hydrogens (tertiary/aromatic N) is 3. The fraction of sp³-hybridized carbons (Fsp3) is 0.750. The lowest BCUT2D eigenvalue weighted by Gasteiger charge is -2.40. The molecule has 5 heteroatoms. The summed E-state index contributed by atoms with van der Waals surface area (Å²) in [5.74, 6) is 0.640. The lowest BCUT2D eigenvalue weighted by Crippen LogP contribution is -2.50. The predicted octanol–water partition coefficient (Wildman–Crippen LogP) is 6.42. The van der Waals surface area contributed by atoms with Crippen LogP contribution in [-0.2, 0) is 4.74 Å². The molecule has 0 aromatic heterocycles. The summed E-state index contributed by atoms with van der Waals surface area (Å²) in [6, 6.07) is 7.24. The Labute approximate surface area is 201 Å². The van der Waals surface area contributed by atoms with Gasteiger partial charge in [-0.25, -0.2) is 4.79 Å². The summed E-state index contributed by atoms with van der Waals surface area (Å²) in [5, 5.41) is 0. The largest absolute Gasteiger partial charge is 0.444 e. The SMILES string of the molecule is CC1(C)CCC(c2cc(N3CCCCC3)ccc2N2CCN(C(=O)OC(C)(C)C)CC2)CC1. The molecular weight excluding hydrogens is 410 g/mol. The number of rotatable bonds is 3. The minimum Gasteiger partial charge on any atom is -0.444 e. The Morgan fingerprint density at radius 2 is 1.55 bits per heavy atom. The molecule has 0 bridgehead atoms. The standard InChI is InChI=1S/C28H45N3O2/c1-27(2,3)33-26(32)31-19-17-30(18-20-31)25-10-9-23(29-15-7-6-8-16-29)21-24(25)22-11-13-28(4,5)14-12-22/h9-10,21-22H,6-8,11-20H2,1-5H3. The highest BCUT2D eigenvalue weighted by Gasteiger charge is 2.32. The molecule has 0 unspecified atom stereocenters. The molecule has 2 heterocycles. The average Bonchev–Trinajstić information content (AvgIpc) is 2.78. The van der Waals surface area contributed by atoms with Crippen molar-refractivity contribution in [2.75, 3.05) is 49.1 Å². The van der Waals surface area contributed by atoms with Gasteiger partial charge in [-0.05, 0) is 101 Å². The number of carbonyl (C=O) groups excluding carboxylic acids is 1. The van der Waals surface area contributed by atoms with E-state index in [2.05, 4.69) is 41.8 Å². The first-order valence-electron chi connectivity index (χ1n) is 13.2. The van der Waals surface area contributed by atoms with Gasteiger partial charge in [0.2, 0.25) is 0 Å². The quantitative estimate of drug-likeness (QED) is 0.527. The van der Waals surface area contributed by atoms with Gasteiger partial charge >= 0.3 is 6.09 Å². The first kappa shape index (κ1) is 24.2. The van der Waals surface area contributed by atoms with Gasteiger partial charge in [0.15, 0.2) is 0 Å². The Balaban J connectivity index is 1.51. The van der Waals surface area contributed by atoms with E-state index in [0.717, 1.165) is 26.2 Å². The van der Waals surface area contributed by atoms with Crippen molar-refractivity contribution >= 4 is 17.5 Å². The average molecular weight is 456 g/mol. The third kappa shape index (κ3) is 6.16. The van der Waals surface area contributed by atoms with E-state index in [0.29, 0.717) is 11.3 Å². The van der Waals surface area contributed by atoms with Crippen molar-refractivity contribution in [1.82, 2.24) is 4.90 Å². The van der Waals surface area contributed by atoms with Gasteiger partial charge in [-0.15, -0.1) is 0 Å². The Morgan fingerprint density at radius 1 is 0.909 bits per heavy atom. The number of piperazine rings is 1. The number of anilines is 2. The second-order valence-corrected chi connectivity index (χ2v) is 12.2. The summed E-state index contributed by atoms with van der Waals surface area (Å²) >= 11 is 0. The summed E-state index contributed by atoms with van der Waals surface area (Å²) in [7, 11) is 0. The van der Waals surface area contributed by atoms with Gasteiger partial charge in [0, 0.05) is 50.6 Å². The van der Waals surface area contributed by atoms with Crippen molar-refractivity contribution in [3.63, 3.8) is 0 Å². The van der Waals surface area contributed by atoms with Crippen LogP contribution in [0.15, 0.2) is 18.2 Å². The van der Waals surface area contributed by atoms with E-state index < -0.39 is 5.60 Å². The minimum atomic E-state index is -0.444. The molecule has 0 atom stereocenters. The Morgan fingerprint density at radius 3 is 2.15 bits per heavy atom. The molecule has 1 aromatic rings. The van der Waals surface area contributed by atoms with Gasteiger partial charge in [-0.3, -0.25) is 0 Å². The molecule has 33 heavy (non-hydrogen) atoms. The van der Waals surface area contributed by atoms with Crippen LogP contribution in [-0.4, -0.2) is 55.9 Å². The van der Waals surface area contributed by atoms with Crippen LogP contribution in [0.1, 0.15) is 91.0 Å². The molecule has 1 aliphatic carbocycles. The highest BCUT2D eigenvalue weighted by atomic mass is 16.6. The smallest absolute Gasteiger partial charge is 0.410 e. The molecule has 2 aliphatic heterocycles. The molecule has 0 N–H and O–H groups in total. The number of benzene rings is 1. The van der Waals surface area contributed by atoms with Crippen molar-refractivity contribution in [2.24, 2.45) is 5.41 Å². The number of amides is 1. The van der Waals surface area contributed by atoms with Crippen molar-refractivity contribution < 1.29 is 9.53 Å². The van der Waals surface area contributed by atoms with E-state index in [1.165, 1.54) is 69.4 Å². The monoisotopic (exact) mass is 455 g/mol. The van der Waals surface area contributed by atoms with E-state index in [1.807, 2.05) is 25.7 Å². The Bertz CT molecular complexity index is 805. The molecule has 3 fully saturated rings. The molecule has 184 valence electrons. The van der Waals surface area contributed by atoms with Crippen molar-refractivity contribution in [2.45, 2.75) is 91.1 Å². The van der Waals surface area contributed by atoms with Crippen LogP contribution in [0.3, 0.4) is 0 Å². The Hall–Kier alpha value is -1.91. The minimum absolute atomic E-state index is 0.183. The topological polar surface area (TPSA) is 36.0 Å². The molecule has 3 aliphatic rings. The first-order chi connectivity index (χ1) is 15.6. The van der Waals surface area contributed by atoms with Gasteiger partial charge in [0.1, 0.15) is 5.60 Å². The molecular formula is C28H45N3O2. The van der Waals surface area contributed by atoms with Gasteiger partial charge in [0.25, 0.3) is 0 Å². The van der Waals surface area contributed by atoms with E-state index in [-0.39, 0.29) is 6.09 Å². The number of ether oxygens (including phenoxy) is 1. The fourth-order valence-electron chi connectivity index (χ4n) is 5.67. The van der Waals surface area contributed by atoms with Crippen molar-refractivity contribution in [3.8, 4) is 0 Å². The van der Waals surface area contributed by atoms with Gasteiger partial charge in [-0.1, -0.05) is 13.8 Å². The number of hydrogen-bond donors (Lipinski definition) is 0. The summed E-state index contributed by atoms with van der Waals surface area (Å²) < 4.78 is 5.60. The molecule has 0 spiro atoms. The van der Waals surface area contributed by atoms with Crippen LogP contribution < -0.4 is 9.80 Å². The lowest BCUT2D eigenvalue weighted by molar-refractivity contribution is 0.0240. The highest BCUT2D eigenvalue weighted by molar-refractivity contribution is 5.69. The van der Waals surface area contributed by atoms with E-state index in [1.54, 1.807) is 5.56 Å². The molecule has 2 saturated heterocycles. The van der Waals surface area contributed by atoms with Crippen LogP contribution in [0.5, 0.6) is 0 Å². The fourth-order valence-corrected chi connectivity index (χ4v) is 5.67. The zero-order valence-electron chi connectivity index (χ0n) is 21.7. The summed E-state index contributed by atoms with van der Waals surface area (Å²) in [5.41, 5.74) is 4.37. The van der Waals surface area contributed by atoms with Crippen LogP contribution >= 0.6 is 0 Å². The lowest BCUT2D eigenvalue weighted by atomic mass is 9.71. The molecule has 4 rings (SSSR count). The van der Waals surface area contributed by atoms with E-state index >= 15 is 0 Å². The zero-order valence-corrected chi connectivity index (χ0v) is 21.7. The number of piperidine rings is 1. The van der Waals surface area contributed by atoms with Crippen LogP contribution in [0.4, 0.5) is 16.2 Å². The van der Waals surface area contributed by atoms with Crippen molar-refractivity contribution in [3.05, 3.63) is 23.8 Å². The third-order valence-electron chi connectivity index (χ3n) is 7.78. The summed E-state index contributed by atoms with van der Waals surface area (Å²) in [6.45, 7) is 16.2.